The standard InChI is InChI=1S/C19H23NO3S/c1-2-24(21,22)20-19-12-13-23-14-18(19)17-10-8-16(9-11-17)15-6-4-3-5-7-15/h3-11,18-20H,2,12-14H2,1H3/t18-,19+/m0/s1. The van der Waals surface area contributed by atoms with Crippen LogP contribution in [0.4, 0.5) is 0 Å². The minimum atomic E-state index is -3.22. The molecule has 2 aromatic rings. The molecule has 0 bridgehead atoms. The van der Waals surface area contributed by atoms with Crippen LogP contribution < -0.4 is 4.72 Å². The van der Waals surface area contributed by atoms with Crippen LogP contribution in [-0.2, 0) is 14.8 Å². The number of hydrogen-bond donors (Lipinski definition) is 1. The highest BCUT2D eigenvalue weighted by atomic mass is 32.2. The largest absolute Gasteiger partial charge is 0.381 e. The fraction of sp³-hybridized carbons (Fsp3) is 0.368. The number of ether oxygens (including phenoxy) is 1. The topological polar surface area (TPSA) is 55.4 Å². The Bertz CT molecular complexity index is 757. The van der Waals surface area contributed by atoms with Crippen molar-refractivity contribution in [3.63, 3.8) is 0 Å². The predicted molar refractivity (Wildman–Crippen MR) is 96.4 cm³/mol. The lowest BCUT2D eigenvalue weighted by Crippen LogP contribution is -2.44. The summed E-state index contributed by atoms with van der Waals surface area (Å²) in [5, 5.41) is 0. The van der Waals surface area contributed by atoms with E-state index >= 15 is 0 Å². The summed E-state index contributed by atoms with van der Waals surface area (Å²) in [5.74, 6) is 0.147. The van der Waals surface area contributed by atoms with E-state index in [0.29, 0.717) is 19.6 Å². The minimum Gasteiger partial charge on any atom is -0.381 e. The van der Waals surface area contributed by atoms with Gasteiger partial charge in [0.25, 0.3) is 0 Å². The molecule has 0 radical (unpaired) electrons. The molecule has 1 fully saturated rings. The van der Waals surface area contributed by atoms with Crippen LogP contribution in [0.25, 0.3) is 11.1 Å². The number of sulfonamides is 1. The zero-order valence-corrected chi connectivity index (χ0v) is 14.6. The summed E-state index contributed by atoms with van der Waals surface area (Å²) in [5.41, 5.74) is 3.44. The van der Waals surface area contributed by atoms with E-state index in [1.165, 1.54) is 5.56 Å². The molecule has 1 heterocycles. The molecule has 1 aliphatic heterocycles. The molecular weight excluding hydrogens is 322 g/mol. The van der Waals surface area contributed by atoms with Crippen molar-refractivity contribution < 1.29 is 13.2 Å². The molecule has 128 valence electrons. The normalized spacial score (nSPS) is 21.5. The van der Waals surface area contributed by atoms with Crippen molar-refractivity contribution in [3.8, 4) is 11.1 Å². The predicted octanol–water partition coefficient (Wildman–Crippen LogP) is 3.17. The van der Waals surface area contributed by atoms with Crippen LogP contribution in [0, 0.1) is 0 Å². The van der Waals surface area contributed by atoms with Crippen molar-refractivity contribution in [1.29, 1.82) is 0 Å². The Morgan fingerprint density at radius 2 is 1.71 bits per heavy atom. The molecule has 1 aliphatic rings. The van der Waals surface area contributed by atoms with Crippen molar-refractivity contribution in [2.75, 3.05) is 19.0 Å². The molecule has 0 aliphatic carbocycles. The van der Waals surface area contributed by atoms with Crippen molar-refractivity contribution in [3.05, 3.63) is 60.2 Å². The SMILES string of the molecule is CCS(=O)(=O)N[C@@H]1CCOC[C@H]1c1ccc(-c2ccccc2)cc1. The van der Waals surface area contributed by atoms with Crippen LogP contribution in [0.5, 0.6) is 0 Å². The third-order valence-electron chi connectivity index (χ3n) is 4.51. The molecule has 0 spiro atoms. The van der Waals surface area contributed by atoms with Gasteiger partial charge in [0, 0.05) is 18.6 Å². The number of rotatable bonds is 5. The van der Waals surface area contributed by atoms with Crippen molar-refractivity contribution >= 4 is 10.0 Å². The molecule has 0 amide bonds. The minimum absolute atomic E-state index is 0.0462. The van der Waals surface area contributed by atoms with Crippen LogP contribution in [-0.4, -0.2) is 33.4 Å². The molecule has 1 saturated heterocycles. The first kappa shape index (κ1) is 17.1. The van der Waals surface area contributed by atoms with E-state index in [-0.39, 0.29) is 17.7 Å². The van der Waals surface area contributed by atoms with E-state index in [1.807, 2.05) is 18.2 Å². The van der Waals surface area contributed by atoms with Gasteiger partial charge in [0.05, 0.1) is 12.4 Å². The summed E-state index contributed by atoms with van der Waals surface area (Å²) >= 11 is 0. The molecule has 0 aromatic heterocycles. The highest BCUT2D eigenvalue weighted by molar-refractivity contribution is 7.89. The molecule has 0 saturated carbocycles. The molecular formula is C19H23NO3S. The average molecular weight is 345 g/mol. The summed E-state index contributed by atoms with van der Waals surface area (Å²) in [6.45, 7) is 2.79. The van der Waals surface area contributed by atoms with Gasteiger partial charge >= 0.3 is 0 Å². The summed E-state index contributed by atoms with van der Waals surface area (Å²) in [7, 11) is -3.22. The van der Waals surface area contributed by atoms with E-state index in [9.17, 15) is 8.42 Å². The number of nitrogens with one attached hydrogen (secondary N) is 1. The van der Waals surface area contributed by atoms with Gasteiger partial charge in [-0.1, -0.05) is 54.6 Å². The Hall–Kier alpha value is -1.69. The molecule has 5 heteroatoms. The van der Waals surface area contributed by atoms with Crippen LogP contribution >= 0.6 is 0 Å². The summed E-state index contributed by atoms with van der Waals surface area (Å²) in [6, 6.07) is 18.4. The van der Waals surface area contributed by atoms with Gasteiger partial charge in [0.1, 0.15) is 0 Å². The summed E-state index contributed by atoms with van der Waals surface area (Å²) in [6.07, 6.45) is 0.699. The fourth-order valence-corrected chi connectivity index (χ4v) is 3.98. The number of benzene rings is 2. The fourth-order valence-electron chi connectivity index (χ4n) is 3.07. The smallest absolute Gasteiger partial charge is 0.211 e. The zero-order chi connectivity index (χ0) is 17.0. The second-order valence-electron chi connectivity index (χ2n) is 6.09. The molecule has 1 N–H and O–H groups in total. The van der Waals surface area contributed by atoms with Gasteiger partial charge in [-0.25, -0.2) is 13.1 Å². The van der Waals surface area contributed by atoms with E-state index < -0.39 is 10.0 Å². The van der Waals surface area contributed by atoms with Crippen molar-refractivity contribution in [1.82, 2.24) is 4.72 Å². The maximum absolute atomic E-state index is 11.9. The van der Waals surface area contributed by atoms with Crippen LogP contribution in [0.3, 0.4) is 0 Å². The molecule has 2 aromatic carbocycles. The van der Waals surface area contributed by atoms with Gasteiger partial charge in [-0.3, -0.25) is 0 Å². The average Bonchev–Trinajstić information content (AvgIpc) is 2.63. The van der Waals surface area contributed by atoms with E-state index in [2.05, 4.69) is 41.1 Å². The lowest BCUT2D eigenvalue weighted by Gasteiger charge is -2.32. The highest BCUT2D eigenvalue weighted by Crippen LogP contribution is 2.29. The maximum atomic E-state index is 11.9. The Morgan fingerprint density at radius 3 is 2.38 bits per heavy atom. The second-order valence-corrected chi connectivity index (χ2v) is 8.13. The summed E-state index contributed by atoms with van der Waals surface area (Å²) < 4.78 is 32.3. The quantitative estimate of drug-likeness (QED) is 0.905. The maximum Gasteiger partial charge on any atom is 0.211 e. The van der Waals surface area contributed by atoms with E-state index in [0.717, 1.165) is 11.1 Å². The van der Waals surface area contributed by atoms with Gasteiger partial charge < -0.3 is 4.74 Å². The Kier molecular flexibility index (Phi) is 5.33. The molecule has 3 rings (SSSR count). The van der Waals surface area contributed by atoms with Crippen LogP contribution in [0.15, 0.2) is 54.6 Å². The monoisotopic (exact) mass is 345 g/mol. The molecule has 0 unspecified atom stereocenters. The highest BCUT2D eigenvalue weighted by Gasteiger charge is 2.30. The van der Waals surface area contributed by atoms with Crippen molar-refractivity contribution in [2.24, 2.45) is 0 Å². The Morgan fingerprint density at radius 1 is 1.04 bits per heavy atom. The number of hydrogen-bond acceptors (Lipinski definition) is 3. The first-order chi connectivity index (χ1) is 11.6. The van der Waals surface area contributed by atoms with Gasteiger partial charge in [-0.05, 0) is 30.0 Å². The molecule has 24 heavy (non-hydrogen) atoms. The van der Waals surface area contributed by atoms with Crippen LogP contribution in [0.2, 0.25) is 0 Å². The Balaban J connectivity index is 1.81. The Labute approximate surface area is 143 Å². The lowest BCUT2D eigenvalue weighted by molar-refractivity contribution is 0.0654. The molecule has 2 atom stereocenters. The van der Waals surface area contributed by atoms with E-state index in [4.69, 9.17) is 4.74 Å². The second kappa shape index (κ2) is 7.47. The van der Waals surface area contributed by atoms with Gasteiger partial charge in [-0.15, -0.1) is 0 Å². The van der Waals surface area contributed by atoms with Gasteiger partial charge in [0.15, 0.2) is 0 Å². The summed E-state index contributed by atoms with van der Waals surface area (Å²) in [4.78, 5) is 0. The zero-order valence-electron chi connectivity index (χ0n) is 13.8. The first-order valence-electron chi connectivity index (χ1n) is 8.32. The van der Waals surface area contributed by atoms with Crippen LogP contribution in [0.1, 0.15) is 24.8 Å². The van der Waals surface area contributed by atoms with Gasteiger partial charge in [-0.2, -0.15) is 0 Å². The lowest BCUT2D eigenvalue weighted by atomic mass is 9.88. The third kappa shape index (κ3) is 4.04. The van der Waals surface area contributed by atoms with Gasteiger partial charge in [0.2, 0.25) is 10.0 Å². The first-order valence-corrected chi connectivity index (χ1v) is 9.97. The van der Waals surface area contributed by atoms with Crippen molar-refractivity contribution in [2.45, 2.75) is 25.3 Å². The molecule has 4 nitrogen and oxygen atoms in total. The van der Waals surface area contributed by atoms with E-state index in [1.54, 1.807) is 6.92 Å². The third-order valence-corrected chi connectivity index (χ3v) is 5.94.